The van der Waals surface area contributed by atoms with Gasteiger partial charge in [0, 0.05) is 11.4 Å². The quantitative estimate of drug-likeness (QED) is 0.278. The Morgan fingerprint density at radius 2 is 1.82 bits per heavy atom. The van der Waals surface area contributed by atoms with Gasteiger partial charge in [-0.25, -0.2) is 4.98 Å². The molecule has 4 rings (SSSR count). The van der Waals surface area contributed by atoms with Gasteiger partial charge in [0.25, 0.3) is 5.56 Å². The van der Waals surface area contributed by atoms with E-state index in [0.29, 0.717) is 23.6 Å². The maximum atomic E-state index is 13.5. The van der Waals surface area contributed by atoms with Gasteiger partial charge in [0.1, 0.15) is 10.6 Å². The average Bonchev–Trinajstić information content (AvgIpc) is 3.13. The van der Waals surface area contributed by atoms with Crippen LogP contribution in [0.3, 0.4) is 0 Å². The van der Waals surface area contributed by atoms with Gasteiger partial charge in [-0.1, -0.05) is 54.2 Å². The number of carbonyl (C=O) groups is 1. The maximum Gasteiger partial charge on any atom is 0.263 e. The Hall–Kier alpha value is -3.10. The number of hydrogen-bond donors (Lipinski definition) is 1. The Morgan fingerprint density at radius 1 is 1.12 bits per heavy atom. The summed E-state index contributed by atoms with van der Waals surface area (Å²) in [5.41, 5.74) is 2.90. The molecule has 34 heavy (non-hydrogen) atoms. The standard InChI is InChI=1S/C26H27N3O3S2/c1-16-17(2)33-24-22(16)25(31)29(15-20-8-6-5-7-9-20)26(28-24)34-18(3)23(30)27-14-19-10-12-21(32-4)13-11-19/h5-13,18H,14-15H2,1-4H3,(H,27,30). The SMILES string of the molecule is COc1ccc(CNC(=O)C(C)Sc2nc3sc(C)c(C)c3c(=O)n2Cc2ccccc2)cc1. The van der Waals surface area contributed by atoms with Crippen molar-refractivity contribution in [2.45, 2.75) is 44.3 Å². The molecule has 0 saturated heterocycles. The summed E-state index contributed by atoms with van der Waals surface area (Å²) in [6, 6.07) is 17.4. The summed E-state index contributed by atoms with van der Waals surface area (Å²) >= 11 is 2.83. The fourth-order valence-corrected chi connectivity index (χ4v) is 5.59. The van der Waals surface area contributed by atoms with Crippen LogP contribution in [0.1, 0.15) is 28.5 Å². The Labute approximate surface area is 207 Å². The average molecular weight is 494 g/mol. The number of thiophene rings is 1. The van der Waals surface area contributed by atoms with Gasteiger partial charge in [-0.15, -0.1) is 11.3 Å². The van der Waals surface area contributed by atoms with Crippen LogP contribution in [-0.4, -0.2) is 27.8 Å². The van der Waals surface area contributed by atoms with E-state index >= 15 is 0 Å². The number of amides is 1. The first kappa shape index (κ1) is 24.0. The van der Waals surface area contributed by atoms with Crippen molar-refractivity contribution in [2.24, 2.45) is 0 Å². The van der Waals surface area contributed by atoms with Crippen molar-refractivity contribution in [3.8, 4) is 5.75 Å². The van der Waals surface area contributed by atoms with E-state index in [1.807, 2.05) is 75.4 Å². The normalized spacial score (nSPS) is 12.0. The van der Waals surface area contributed by atoms with E-state index in [2.05, 4.69) is 5.32 Å². The van der Waals surface area contributed by atoms with Crippen molar-refractivity contribution in [1.29, 1.82) is 0 Å². The summed E-state index contributed by atoms with van der Waals surface area (Å²) in [5, 5.41) is 3.77. The summed E-state index contributed by atoms with van der Waals surface area (Å²) < 4.78 is 6.87. The van der Waals surface area contributed by atoms with Gasteiger partial charge in [0.2, 0.25) is 5.91 Å². The van der Waals surface area contributed by atoms with Crippen LogP contribution >= 0.6 is 23.1 Å². The molecule has 0 radical (unpaired) electrons. The van der Waals surface area contributed by atoms with Gasteiger partial charge in [0.15, 0.2) is 5.16 Å². The number of rotatable bonds is 8. The molecule has 0 aliphatic heterocycles. The van der Waals surface area contributed by atoms with Crippen molar-refractivity contribution < 1.29 is 9.53 Å². The fraction of sp³-hybridized carbons (Fsp3) is 0.269. The molecule has 0 fully saturated rings. The monoisotopic (exact) mass is 493 g/mol. The van der Waals surface area contributed by atoms with Crippen molar-refractivity contribution in [1.82, 2.24) is 14.9 Å². The number of aromatic nitrogens is 2. The predicted molar refractivity (Wildman–Crippen MR) is 139 cm³/mol. The molecule has 0 spiro atoms. The molecule has 2 aromatic carbocycles. The van der Waals surface area contributed by atoms with E-state index in [4.69, 9.17) is 9.72 Å². The molecule has 4 aromatic rings. The largest absolute Gasteiger partial charge is 0.497 e. The number of methoxy groups -OCH3 is 1. The number of benzene rings is 2. The molecule has 1 N–H and O–H groups in total. The molecule has 0 bridgehead atoms. The first-order valence-electron chi connectivity index (χ1n) is 11.0. The zero-order valence-corrected chi connectivity index (χ0v) is 21.3. The van der Waals surface area contributed by atoms with E-state index < -0.39 is 5.25 Å². The second-order valence-corrected chi connectivity index (χ2v) is 10.6. The number of aryl methyl sites for hydroxylation is 2. The summed E-state index contributed by atoms with van der Waals surface area (Å²) in [7, 11) is 1.62. The maximum absolute atomic E-state index is 13.5. The zero-order chi connectivity index (χ0) is 24.2. The number of ether oxygens (including phenoxy) is 1. The first-order valence-corrected chi connectivity index (χ1v) is 12.7. The highest BCUT2D eigenvalue weighted by atomic mass is 32.2. The molecule has 2 aromatic heterocycles. The summed E-state index contributed by atoms with van der Waals surface area (Å²) in [5.74, 6) is 0.663. The minimum Gasteiger partial charge on any atom is -0.497 e. The van der Waals surface area contributed by atoms with Crippen LogP contribution in [0.25, 0.3) is 10.2 Å². The van der Waals surface area contributed by atoms with Crippen LogP contribution in [0.5, 0.6) is 5.75 Å². The Bertz CT molecular complexity index is 1360. The minimum atomic E-state index is -0.424. The number of hydrogen-bond acceptors (Lipinski definition) is 6. The molecule has 2 heterocycles. The lowest BCUT2D eigenvalue weighted by Gasteiger charge is -2.16. The Balaban J connectivity index is 1.58. The molecule has 0 aliphatic carbocycles. The van der Waals surface area contributed by atoms with Crippen LogP contribution in [0, 0.1) is 13.8 Å². The zero-order valence-electron chi connectivity index (χ0n) is 19.6. The van der Waals surface area contributed by atoms with E-state index in [9.17, 15) is 9.59 Å². The lowest BCUT2D eigenvalue weighted by Crippen LogP contribution is -2.31. The van der Waals surface area contributed by atoms with Gasteiger partial charge in [0.05, 0.1) is 24.3 Å². The lowest BCUT2D eigenvalue weighted by molar-refractivity contribution is -0.120. The summed E-state index contributed by atoms with van der Waals surface area (Å²) in [6.07, 6.45) is 0. The predicted octanol–water partition coefficient (Wildman–Crippen LogP) is 4.93. The third kappa shape index (κ3) is 5.18. The molecule has 0 saturated carbocycles. The number of nitrogens with zero attached hydrogens (tertiary/aromatic N) is 2. The highest BCUT2D eigenvalue weighted by molar-refractivity contribution is 8.00. The van der Waals surface area contributed by atoms with Gasteiger partial charge in [-0.2, -0.15) is 0 Å². The van der Waals surface area contributed by atoms with Crippen LogP contribution < -0.4 is 15.6 Å². The number of thioether (sulfide) groups is 1. The highest BCUT2D eigenvalue weighted by Gasteiger charge is 2.21. The van der Waals surface area contributed by atoms with E-state index in [0.717, 1.165) is 32.1 Å². The third-order valence-corrected chi connectivity index (χ3v) is 7.91. The van der Waals surface area contributed by atoms with Crippen LogP contribution in [0.4, 0.5) is 0 Å². The second-order valence-electron chi connectivity index (χ2n) is 8.06. The Morgan fingerprint density at radius 3 is 2.50 bits per heavy atom. The molecular formula is C26H27N3O3S2. The van der Waals surface area contributed by atoms with Crippen molar-refractivity contribution in [3.05, 3.63) is 86.5 Å². The molecule has 6 nitrogen and oxygen atoms in total. The van der Waals surface area contributed by atoms with Crippen LogP contribution in [0.2, 0.25) is 0 Å². The van der Waals surface area contributed by atoms with Gasteiger partial charge in [-0.05, 0) is 49.6 Å². The molecule has 176 valence electrons. The number of fused-ring (bicyclic) bond motifs is 1. The topological polar surface area (TPSA) is 73.2 Å². The molecular weight excluding hydrogens is 466 g/mol. The molecule has 8 heteroatoms. The van der Waals surface area contributed by atoms with E-state index in [1.165, 1.54) is 23.1 Å². The lowest BCUT2D eigenvalue weighted by atomic mass is 10.2. The number of nitrogens with one attached hydrogen (secondary N) is 1. The third-order valence-electron chi connectivity index (χ3n) is 5.71. The van der Waals surface area contributed by atoms with Gasteiger partial charge in [-0.3, -0.25) is 14.2 Å². The highest BCUT2D eigenvalue weighted by Crippen LogP contribution is 2.30. The van der Waals surface area contributed by atoms with Crippen LogP contribution in [0.15, 0.2) is 64.5 Å². The smallest absolute Gasteiger partial charge is 0.263 e. The van der Waals surface area contributed by atoms with E-state index in [-0.39, 0.29) is 11.5 Å². The molecule has 1 amide bonds. The minimum absolute atomic E-state index is 0.0657. The summed E-state index contributed by atoms with van der Waals surface area (Å²) in [4.78, 5) is 33.0. The van der Waals surface area contributed by atoms with Crippen molar-refractivity contribution in [3.63, 3.8) is 0 Å². The van der Waals surface area contributed by atoms with Gasteiger partial charge < -0.3 is 10.1 Å². The molecule has 1 atom stereocenters. The molecule has 1 unspecified atom stereocenters. The first-order chi connectivity index (χ1) is 16.4. The van der Waals surface area contributed by atoms with Crippen LogP contribution in [-0.2, 0) is 17.9 Å². The van der Waals surface area contributed by atoms with Crippen molar-refractivity contribution >= 4 is 39.2 Å². The molecule has 0 aliphatic rings. The van der Waals surface area contributed by atoms with Crippen molar-refractivity contribution in [2.75, 3.05) is 7.11 Å². The van der Waals surface area contributed by atoms with E-state index in [1.54, 1.807) is 11.7 Å². The second kappa shape index (κ2) is 10.4. The fourth-order valence-electron chi connectivity index (χ4n) is 3.59. The Kier molecular flexibility index (Phi) is 7.38. The summed E-state index contributed by atoms with van der Waals surface area (Å²) in [6.45, 7) is 6.62. The van der Waals surface area contributed by atoms with Gasteiger partial charge >= 0.3 is 0 Å². The number of carbonyl (C=O) groups excluding carboxylic acids is 1.